The first-order valence-corrected chi connectivity index (χ1v) is 7.04. The highest BCUT2D eigenvalue weighted by atomic mass is 32.2. The Morgan fingerprint density at radius 1 is 1.28 bits per heavy atom. The average Bonchev–Trinajstić information content (AvgIpc) is 2.82. The summed E-state index contributed by atoms with van der Waals surface area (Å²) in [6.45, 7) is 1.61. The van der Waals surface area contributed by atoms with Crippen LogP contribution in [-0.4, -0.2) is 33.4 Å². The van der Waals surface area contributed by atoms with Crippen molar-refractivity contribution >= 4 is 9.84 Å². The topological polar surface area (TPSA) is 55.4 Å². The van der Waals surface area contributed by atoms with Gasteiger partial charge in [-0.2, -0.15) is 8.78 Å². The van der Waals surface area contributed by atoms with E-state index in [-0.39, 0.29) is 6.10 Å². The monoisotopic (exact) mass is 277 g/mol. The van der Waals surface area contributed by atoms with Crippen molar-refractivity contribution in [1.29, 1.82) is 0 Å². The van der Waals surface area contributed by atoms with E-state index in [2.05, 4.69) is 5.32 Å². The molecule has 0 aliphatic carbocycles. The van der Waals surface area contributed by atoms with Crippen molar-refractivity contribution in [1.82, 2.24) is 5.32 Å². The van der Waals surface area contributed by atoms with Gasteiger partial charge in [0.15, 0.2) is 0 Å². The fourth-order valence-corrected chi connectivity index (χ4v) is 2.45. The van der Waals surface area contributed by atoms with Crippen LogP contribution < -0.4 is 10.1 Å². The highest BCUT2D eigenvalue weighted by Crippen LogP contribution is 2.22. The molecule has 1 N–H and O–H groups in total. The summed E-state index contributed by atoms with van der Waals surface area (Å²) in [5, 5.41) is 3.12. The molecule has 4 nitrogen and oxygen atoms in total. The highest BCUT2D eigenvalue weighted by Gasteiger charge is 2.26. The Balaban J connectivity index is 2.10. The molecule has 1 atom stereocenters. The fraction of sp³-hybridized carbons (Fsp3) is 0.455. The predicted molar refractivity (Wildman–Crippen MR) is 61.5 cm³/mol. The van der Waals surface area contributed by atoms with Crippen molar-refractivity contribution in [3.8, 4) is 5.75 Å². The first-order chi connectivity index (χ1) is 8.50. The number of nitrogens with one attached hydrogen (secondary N) is 1. The van der Waals surface area contributed by atoms with E-state index in [1.54, 1.807) is 0 Å². The Morgan fingerprint density at radius 3 is 2.44 bits per heavy atom. The second-order valence-electron chi connectivity index (χ2n) is 4.01. The molecule has 1 saturated heterocycles. The van der Waals surface area contributed by atoms with Gasteiger partial charge >= 0.3 is 5.76 Å². The van der Waals surface area contributed by atoms with E-state index in [1.807, 2.05) is 0 Å². The van der Waals surface area contributed by atoms with Crippen molar-refractivity contribution in [3.63, 3.8) is 0 Å². The smallest absolute Gasteiger partial charge is 0.341 e. The van der Waals surface area contributed by atoms with Crippen LogP contribution in [0.2, 0.25) is 0 Å². The SMILES string of the molecule is O=S(=O)(c1ccc(OC2CCNC2)cc1)C(F)F. The first-order valence-electron chi connectivity index (χ1n) is 5.49. The van der Waals surface area contributed by atoms with Crippen LogP contribution in [-0.2, 0) is 9.84 Å². The third-order valence-corrected chi connectivity index (χ3v) is 4.10. The highest BCUT2D eigenvalue weighted by molar-refractivity contribution is 7.91. The lowest BCUT2D eigenvalue weighted by atomic mass is 10.3. The van der Waals surface area contributed by atoms with Crippen molar-refractivity contribution in [2.24, 2.45) is 0 Å². The van der Waals surface area contributed by atoms with Gasteiger partial charge in [-0.15, -0.1) is 0 Å². The lowest BCUT2D eigenvalue weighted by Gasteiger charge is -2.12. The average molecular weight is 277 g/mol. The predicted octanol–water partition coefficient (Wildman–Crippen LogP) is 1.42. The van der Waals surface area contributed by atoms with Gasteiger partial charge in [0.1, 0.15) is 11.9 Å². The molecule has 1 aliphatic rings. The maximum Gasteiger partial charge on any atom is 0.341 e. The number of benzene rings is 1. The van der Waals surface area contributed by atoms with E-state index in [0.29, 0.717) is 5.75 Å². The van der Waals surface area contributed by atoms with E-state index < -0.39 is 20.5 Å². The van der Waals surface area contributed by atoms with Crippen LogP contribution in [0.5, 0.6) is 5.75 Å². The Bertz CT molecular complexity index is 496. The maximum absolute atomic E-state index is 12.3. The molecule has 1 fully saturated rings. The van der Waals surface area contributed by atoms with Gasteiger partial charge in [-0.25, -0.2) is 8.42 Å². The van der Waals surface area contributed by atoms with Gasteiger partial charge in [0.25, 0.3) is 0 Å². The molecule has 7 heteroatoms. The van der Waals surface area contributed by atoms with Crippen molar-refractivity contribution in [3.05, 3.63) is 24.3 Å². The third kappa shape index (κ3) is 2.78. The van der Waals surface area contributed by atoms with Gasteiger partial charge in [-0.1, -0.05) is 0 Å². The summed E-state index contributed by atoms with van der Waals surface area (Å²) in [5.41, 5.74) is 0. The van der Waals surface area contributed by atoms with Crippen LogP contribution in [0.3, 0.4) is 0 Å². The van der Waals surface area contributed by atoms with Crippen LogP contribution in [0.1, 0.15) is 6.42 Å². The molecule has 18 heavy (non-hydrogen) atoms. The molecule has 1 aromatic rings. The van der Waals surface area contributed by atoms with E-state index in [0.717, 1.165) is 31.6 Å². The Hall–Kier alpha value is -1.21. The molecule has 1 aromatic carbocycles. The normalized spacial score (nSPS) is 20.3. The van der Waals surface area contributed by atoms with Gasteiger partial charge in [0, 0.05) is 6.54 Å². The molecule has 0 aromatic heterocycles. The third-order valence-electron chi connectivity index (χ3n) is 2.70. The van der Waals surface area contributed by atoms with Crippen molar-refractivity contribution in [2.75, 3.05) is 13.1 Å². The largest absolute Gasteiger partial charge is 0.489 e. The van der Waals surface area contributed by atoms with E-state index in [9.17, 15) is 17.2 Å². The van der Waals surface area contributed by atoms with Gasteiger partial charge in [-0.05, 0) is 37.2 Å². The van der Waals surface area contributed by atoms with Crippen molar-refractivity contribution in [2.45, 2.75) is 23.2 Å². The summed E-state index contributed by atoms with van der Waals surface area (Å²) in [5.74, 6) is -2.92. The summed E-state index contributed by atoms with van der Waals surface area (Å²) in [6, 6.07) is 5.07. The summed E-state index contributed by atoms with van der Waals surface area (Å²) in [7, 11) is -4.52. The molecule has 2 rings (SSSR count). The van der Waals surface area contributed by atoms with Crippen LogP contribution in [0.4, 0.5) is 8.78 Å². The molecule has 1 unspecified atom stereocenters. The number of alkyl halides is 2. The number of sulfone groups is 1. The van der Waals surface area contributed by atoms with Crippen LogP contribution in [0.25, 0.3) is 0 Å². The number of hydrogen-bond acceptors (Lipinski definition) is 4. The molecular weight excluding hydrogens is 264 g/mol. The molecule has 0 bridgehead atoms. The lowest BCUT2D eigenvalue weighted by molar-refractivity contribution is 0.222. The summed E-state index contributed by atoms with van der Waals surface area (Å²) >= 11 is 0. The molecule has 0 saturated carbocycles. The molecule has 1 heterocycles. The standard InChI is InChI=1S/C11H13F2NO3S/c12-11(13)18(15,16)10-3-1-8(2-4-10)17-9-5-6-14-7-9/h1-4,9,11,14H,5-7H2. The number of halogens is 2. The minimum absolute atomic E-state index is 0.0440. The zero-order chi connectivity index (χ0) is 13.2. The summed E-state index contributed by atoms with van der Waals surface area (Å²) in [6.07, 6.45) is 0.916. The fourth-order valence-electron chi connectivity index (χ4n) is 1.73. The zero-order valence-corrected chi connectivity index (χ0v) is 10.3. The van der Waals surface area contributed by atoms with Gasteiger partial charge in [0.2, 0.25) is 9.84 Å². The zero-order valence-electron chi connectivity index (χ0n) is 9.47. The van der Waals surface area contributed by atoms with Gasteiger partial charge < -0.3 is 10.1 Å². The Kier molecular flexibility index (Phi) is 3.82. The number of hydrogen-bond donors (Lipinski definition) is 1. The van der Waals surface area contributed by atoms with Crippen LogP contribution >= 0.6 is 0 Å². The van der Waals surface area contributed by atoms with Crippen LogP contribution in [0.15, 0.2) is 29.2 Å². The van der Waals surface area contributed by atoms with E-state index >= 15 is 0 Å². The molecule has 1 aliphatic heterocycles. The number of rotatable bonds is 4. The second-order valence-corrected chi connectivity index (χ2v) is 5.93. The summed E-state index contributed by atoms with van der Waals surface area (Å²) in [4.78, 5) is -0.394. The van der Waals surface area contributed by atoms with Gasteiger partial charge in [0.05, 0.1) is 4.90 Å². The Labute approximate surface area is 104 Å². The molecular formula is C11H13F2NO3S. The molecule has 0 radical (unpaired) electrons. The number of ether oxygens (including phenoxy) is 1. The molecule has 100 valence electrons. The lowest BCUT2D eigenvalue weighted by Crippen LogP contribution is -2.19. The maximum atomic E-state index is 12.3. The molecule has 0 amide bonds. The van der Waals surface area contributed by atoms with E-state index in [4.69, 9.17) is 4.74 Å². The molecule has 0 spiro atoms. The first kappa shape index (κ1) is 13.2. The van der Waals surface area contributed by atoms with Gasteiger partial charge in [-0.3, -0.25) is 0 Å². The minimum atomic E-state index is -4.52. The van der Waals surface area contributed by atoms with Crippen molar-refractivity contribution < 1.29 is 21.9 Å². The van der Waals surface area contributed by atoms with E-state index in [1.165, 1.54) is 12.1 Å². The van der Waals surface area contributed by atoms with Crippen LogP contribution in [0, 0.1) is 0 Å². The second kappa shape index (κ2) is 5.19. The Morgan fingerprint density at radius 2 is 1.94 bits per heavy atom. The quantitative estimate of drug-likeness (QED) is 0.904. The minimum Gasteiger partial charge on any atom is -0.489 e. The summed E-state index contributed by atoms with van der Waals surface area (Å²) < 4.78 is 52.5.